The molecule has 1 fully saturated rings. The number of hydrogen-bond acceptors (Lipinski definition) is 4. The van der Waals surface area contributed by atoms with Crippen LogP contribution in [0.5, 0.6) is 0 Å². The van der Waals surface area contributed by atoms with Crippen LogP contribution < -0.4 is 11.1 Å². The van der Waals surface area contributed by atoms with Crippen molar-refractivity contribution in [3.8, 4) is 0 Å². The summed E-state index contributed by atoms with van der Waals surface area (Å²) in [5.74, 6) is 1.27. The third-order valence-corrected chi connectivity index (χ3v) is 4.32. The van der Waals surface area contributed by atoms with Gasteiger partial charge in [0, 0.05) is 42.1 Å². The van der Waals surface area contributed by atoms with Gasteiger partial charge >= 0.3 is 0 Å². The van der Waals surface area contributed by atoms with Crippen molar-refractivity contribution in [2.75, 3.05) is 25.2 Å². The minimum atomic E-state index is -0.692. The maximum absolute atomic E-state index is 11.7. The molecule has 0 radical (unpaired) electrons. The summed E-state index contributed by atoms with van der Waals surface area (Å²) in [6.07, 6.45) is 3.02. The fourth-order valence-electron chi connectivity index (χ4n) is 1.83. The number of ether oxygens (including phenoxy) is 1. The zero-order chi connectivity index (χ0) is 12.7. The molecule has 0 spiro atoms. The molecule has 1 aliphatic rings. The van der Waals surface area contributed by atoms with E-state index in [1.165, 1.54) is 0 Å². The molecule has 17 heavy (non-hydrogen) atoms. The van der Waals surface area contributed by atoms with Crippen molar-refractivity contribution >= 4 is 16.7 Å². The quantitative estimate of drug-likeness (QED) is 0.648. The van der Waals surface area contributed by atoms with Gasteiger partial charge in [0.2, 0.25) is 5.91 Å². The van der Waals surface area contributed by atoms with Gasteiger partial charge in [-0.15, -0.1) is 0 Å². The molecule has 1 rings (SSSR count). The Bertz CT molecular complexity index is 263. The van der Waals surface area contributed by atoms with Crippen LogP contribution in [0, 0.1) is 0 Å². The van der Waals surface area contributed by atoms with Crippen LogP contribution in [-0.2, 0) is 20.3 Å². The maximum Gasteiger partial charge on any atom is 0.237 e. The van der Waals surface area contributed by atoms with E-state index in [9.17, 15) is 9.00 Å². The highest BCUT2D eigenvalue weighted by atomic mass is 32.2. The summed E-state index contributed by atoms with van der Waals surface area (Å²) in [6, 6.07) is -0.314. The molecule has 1 unspecified atom stereocenters. The van der Waals surface area contributed by atoms with Crippen LogP contribution in [0.2, 0.25) is 0 Å². The van der Waals surface area contributed by atoms with Crippen LogP contribution in [0.15, 0.2) is 0 Å². The molecule has 5 nitrogen and oxygen atoms in total. The summed E-state index contributed by atoms with van der Waals surface area (Å²) < 4.78 is 16.1. The Balaban J connectivity index is 2.21. The minimum absolute atomic E-state index is 0.0983. The van der Waals surface area contributed by atoms with E-state index < -0.39 is 16.8 Å². The first-order chi connectivity index (χ1) is 8.13. The van der Waals surface area contributed by atoms with Crippen LogP contribution in [0.3, 0.4) is 0 Å². The molecule has 1 heterocycles. The largest absolute Gasteiger partial charge is 0.385 e. The molecule has 0 bridgehead atoms. The molecular formula is C11H22N2O3S. The van der Waals surface area contributed by atoms with Crippen molar-refractivity contribution in [2.45, 2.75) is 37.8 Å². The highest BCUT2D eigenvalue weighted by Gasteiger charge is 2.21. The molecule has 0 aromatic rings. The van der Waals surface area contributed by atoms with E-state index in [2.05, 4.69) is 5.32 Å². The van der Waals surface area contributed by atoms with Crippen LogP contribution in [0.4, 0.5) is 0 Å². The van der Waals surface area contributed by atoms with Crippen LogP contribution >= 0.6 is 0 Å². The topological polar surface area (TPSA) is 81.4 Å². The van der Waals surface area contributed by atoms with E-state index in [-0.39, 0.29) is 11.9 Å². The summed E-state index contributed by atoms with van der Waals surface area (Å²) in [5, 5.41) is 2.93. The van der Waals surface area contributed by atoms with Crippen molar-refractivity contribution in [3.05, 3.63) is 0 Å². The van der Waals surface area contributed by atoms with Gasteiger partial charge in [0.25, 0.3) is 0 Å². The second-order valence-electron chi connectivity index (χ2n) is 4.37. The van der Waals surface area contributed by atoms with Gasteiger partial charge in [0.1, 0.15) is 0 Å². The fraction of sp³-hybridized carbons (Fsp3) is 0.909. The second-order valence-corrected chi connectivity index (χ2v) is 6.07. The monoisotopic (exact) mass is 262 g/mol. The molecule has 100 valence electrons. The third-order valence-electron chi connectivity index (χ3n) is 2.93. The van der Waals surface area contributed by atoms with Crippen molar-refractivity contribution in [1.82, 2.24) is 5.32 Å². The lowest BCUT2D eigenvalue weighted by molar-refractivity contribution is -0.123. The standard InChI is InChI=1S/C11H22N2O3S/c1-16-6-2-3-10(12)11(14)13-9-4-7-17(15)8-5-9/h9-10H,2-8,12H2,1H3,(H,13,14). The lowest BCUT2D eigenvalue weighted by Gasteiger charge is -2.24. The average Bonchev–Trinajstić information content (AvgIpc) is 2.32. The molecule has 0 saturated carbocycles. The van der Waals surface area contributed by atoms with Gasteiger partial charge in [-0.3, -0.25) is 9.00 Å². The Kier molecular flexibility index (Phi) is 6.69. The SMILES string of the molecule is COCCCC(N)C(=O)NC1CCS(=O)CC1. The Morgan fingerprint density at radius 2 is 2.18 bits per heavy atom. The number of carbonyl (C=O) groups excluding carboxylic acids is 1. The first kappa shape index (κ1) is 14.6. The third kappa shape index (κ3) is 5.61. The van der Waals surface area contributed by atoms with Gasteiger partial charge < -0.3 is 15.8 Å². The van der Waals surface area contributed by atoms with Gasteiger partial charge in [-0.1, -0.05) is 0 Å². The Morgan fingerprint density at radius 1 is 1.53 bits per heavy atom. The lowest BCUT2D eigenvalue weighted by atomic mass is 10.1. The Hall–Kier alpha value is -0.460. The summed E-state index contributed by atoms with van der Waals surface area (Å²) in [5.41, 5.74) is 5.77. The number of carbonyl (C=O) groups is 1. The van der Waals surface area contributed by atoms with Crippen molar-refractivity contribution < 1.29 is 13.7 Å². The van der Waals surface area contributed by atoms with E-state index in [0.29, 0.717) is 24.5 Å². The molecule has 3 N–H and O–H groups in total. The number of methoxy groups -OCH3 is 1. The van der Waals surface area contributed by atoms with Gasteiger partial charge in [-0.05, 0) is 25.7 Å². The zero-order valence-electron chi connectivity index (χ0n) is 10.3. The first-order valence-electron chi connectivity index (χ1n) is 6.03. The van der Waals surface area contributed by atoms with Gasteiger partial charge in [-0.2, -0.15) is 0 Å². The molecule has 0 aromatic heterocycles. The van der Waals surface area contributed by atoms with E-state index in [1.807, 2.05) is 0 Å². The van der Waals surface area contributed by atoms with E-state index in [0.717, 1.165) is 19.3 Å². The summed E-state index contributed by atoms with van der Waals surface area (Å²) in [4.78, 5) is 11.7. The highest BCUT2D eigenvalue weighted by molar-refractivity contribution is 7.85. The maximum atomic E-state index is 11.7. The summed E-state index contributed by atoms with van der Waals surface area (Å²) >= 11 is 0. The molecule has 1 aliphatic heterocycles. The summed E-state index contributed by atoms with van der Waals surface area (Å²) in [6.45, 7) is 0.628. The molecule has 1 saturated heterocycles. The average molecular weight is 262 g/mol. The predicted molar refractivity (Wildman–Crippen MR) is 68.1 cm³/mol. The molecule has 0 aromatic carbocycles. The van der Waals surface area contributed by atoms with Crippen molar-refractivity contribution in [2.24, 2.45) is 5.73 Å². The van der Waals surface area contributed by atoms with Crippen LogP contribution in [0.25, 0.3) is 0 Å². The van der Waals surface area contributed by atoms with Crippen molar-refractivity contribution in [1.29, 1.82) is 0 Å². The van der Waals surface area contributed by atoms with E-state index in [1.54, 1.807) is 7.11 Å². The molecule has 1 amide bonds. The minimum Gasteiger partial charge on any atom is -0.385 e. The number of rotatable bonds is 6. The fourth-order valence-corrected chi connectivity index (χ4v) is 3.12. The number of hydrogen-bond donors (Lipinski definition) is 2. The molecule has 0 aliphatic carbocycles. The first-order valence-corrected chi connectivity index (χ1v) is 7.52. The number of amides is 1. The predicted octanol–water partition coefficient (Wildman–Crippen LogP) is -0.232. The van der Waals surface area contributed by atoms with Crippen LogP contribution in [-0.4, -0.2) is 47.4 Å². The summed E-state index contributed by atoms with van der Waals surface area (Å²) in [7, 11) is 0.941. The van der Waals surface area contributed by atoms with E-state index >= 15 is 0 Å². The van der Waals surface area contributed by atoms with Crippen molar-refractivity contribution in [3.63, 3.8) is 0 Å². The lowest BCUT2D eigenvalue weighted by Crippen LogP contribution is -2.47. The van der Waals surface area contributed by atoms with Crippen LogP contribution in [0.1, 0.15) is 25.7 Å². The zero-order valence-corrected chi connectivity index (χ0v) is 11.1. The Morgan fingerprint density at radius 3 is 2.76 bits per heavy atom. The van der Waals surface area contributed by atoms with E-state index in [4.69, 9.17) is 10.5 Å². The van der Waals surface area contributed by atoms with Gasteiger partial charge in [0.15, 0.2) is 0 Å². The second kappa shape index (κ2) is 7.79. The number of nitrogens with two attached hydrogens (primary N) is 1. The smallest absolute Gasteiger partial charge is 0.237 e. The molecule has 6 heteroatoms. The normalized spacial score (nSPS) is 26.5. The van der Waals surface area contributed by atoms with Gasteiger partial charge in [-0.25, -0.2) is 0 Å². The molecular weight excluding hydrogens is 240 g/mol. The molecule has 1 atom stereocenters. The highest BCUT2D eigenvalue weighted by Crippen LogP contribution is 2.09. The Labute approximate surface area is 105 Å². The van der Waals surface area contributed by atoms with Gasteiger partial charge in [0.05, 0.1) is 6.04 Å². The number of nitrogens with one attached hydrogen (secondary N) is 1.